The number of anilines is 3. The Hall–Kier alpha value is -2.61. The molecule has 156 valence electrons. The van der Waals surface area contributed by atoms with E-state index in [1.165, 1.54) is 12.5 Å². The van der Waals surface area contributed by atoms with E-state index < -0.39 is 5.91 Å². The zero-order valence-electron chi connectivity index (χ0n) is 16.7. The third kappa shape index (κ3) is 4.22. The summed E-state index contributed by atoms with van der Waals surface area (Å²) in [6.45, 7) is 4.91. The van der Waals surface area contributed by atoms with Gasteiger partial charge in [-0.3, -0.25) is 4.79 Å². The van der Waals surface area contributed by atoms with E-state index in [2.05, 4.69) is 10.3 Å². The van der Waals surface area contributed by atoms with Crippen molar-refractivity contribution in [2.24, 2.45) is 5.92 Å². The SMILES string of the molecule is Cc1oc(N2CCC(CO)C2)nc1C(=O)Nc1ccc(N2CCCCC2)c(F)c1. The highest BCUT2D eigenvalue weighted by Gasteiger charge is 2.27. The van der Waals surface area contributed by atoms with Gasteiger partial charge < -0.3 is 24.6 Å². The van der Waals surface area contributed by atoms with Crippen LogP contribution in [0, 0.1) is 18.7 Å². The number of aliphatic hydroxyl groups is 1. The monoisotopic (exact) mass is 402 g/mol. The maximum atomic E-state index is 14.6. The summed E-state index contributed by atoms with van der Waals surface area (Å²) in [5.74, 6) is -0.161. The molecule has 1 amide bonds. The van der Waals surface area contributed by atoms with Crippen molar-refractivity contribution in [3.8, 4) is 0 Å². The van der Waals surface area contributed by atoms with Crippen LogP contribution in [0.2, 0.25) is 0 Å². The lowest BCUT2D eigenvalue weighted by Gasteiger charge is -2.29. The first kappa shape index (κ1) is 19.7. The van der Waals surface area contributed by atoms with Crippen molar-refractivity contribution in [3.05, 3.63) is 35.5 Å². The Morgan fingerprint density at radius 2 is 2.07 bits per heavy atom. The Morgan fingerprint density at radius 1 is 1.28 bits per heavy atom. The van der Waals surface area contributed by atoms with Crippen molar-refractivity contribution in [3.63, 3.8) is 0 Å². The summed E-state index contributed by atoms with van der Waals surface area (Å²) < 4.78 is 20.3. The molecule has 2 fully saturated rings. The molecule has 1 aromatic heterocycles. The molecule has 8 heteroatoms. The van der Waals surface area contributed by atoms with Gasteiger partial charge in [0, 0.05) is 44.4 Å². The predicted molar refractivity (Wildman–Crippen MR) is 109 cm³/mol. The van der Waals surface area contributed by atoms with Crippen LogP contribution in [0.1, 0.15) is 41.9 Å². The molecule has 1 unspecified atom stereocenters. The summed E-state index contributed by atoms with van der Waals surface area (Å²) in [6.07, 6.45) is 4.19. The summed E-state index contributed by atoms with van der Waals surface area (Å²) in [5.41, 5.74) is 1.15. The lowest BCUT2D eigenvalue weighted by molar-refractivity contribution is 0.102. The van der Waals surface area contributed by atoms with Crippen LogP contribution in [0.5, 0.6) is 0 Å². The average Bonchev–Trinajstić information content (AvgIpc) is 3.35. The molecule has 4 rings (SSSR count). The van der Waals surface area contributed by atoms with Crippen LogP contribution in [0.3, 0.4) is 0 Å². The van der Waals surface area contributed by atoms with Gasteiger partial charge in [0.05, 0.1) is 5.69 Å². The van der Waals surface area contributed by atoms with Crippen molar-refractivity contribution in [1.29, 1.82) is 0 Å². The number of aromatic nitrogens is 1. The van der Waals surface area contributed by atoms with Crippen LogP contribution in [0.25, 0.3) is 0 Å². The van der Waals surface area contributed by atoms with E-state index in [0.29, 0.717) is 29.7 Å². The first-order chi connectivity index (χ1) is 14.0. The molecule has 2 aliphatic heterocycles. The minimum atomic E-state index is -0.430. The number of halogens is 1. The number of carbonyl (C=O) groups excluding carboxylic acids is 1. The van der Waals surface area contributed by atoms with Crippen molar-refractivity contribution in [2.75, 3.05) is 47.9 Å². The van der Waals surface area contributed by atoms with Gasteiger partial charge in [0.1, 0.15) is 11.6 Å². The van der Waals surface area contributed by atoms with Gasteiger partial charge in [0.15, 0.2) is 5.69 Å². The summed E-state index contributed by atoms with van der Waals surface area (Å²) in [6, 6.07) is 5.17. The standard InChI is InChI=1S/C21H27FN4O3/c1-14-19(24-21(29-14)26-10-7-15(12-26)13-27)20(28)23-16-5-6-18(17(22)11-16)25-8-3-2-4-9-25/h5-6,11,15,27H,2-4,7-10,12-13H2,1H3,(H,23,28). The number of nitrogens with zero attached hydrogens (tertiary/aromatic N) is 3. The number of hydrogen-bond donors (Lipinski definition) is 2. The third-order valence-electron chi connectivity index (χ3n) is 5.72. The van der Waals surface area contributed by atoms with Crippen LogP contribution in [0.4, 0.5) is 21.8 Å². The number of hydrogen-bond acceptors (Lipinski definition) is 6. The van der Waals surface area contributed by atoms with Crippen molar-refractivity contribution in [1.82, 2.24) is 4.98 Å². The molecule has 0 aliphatic carbocycles. The highest BCUT2D eigenvalue weighted by molar-refractivity contribution is 6.03. The van der Waals surface area contributed by atoms with Crippen molar-refractivity contribution < 1.29 is 18.7 Å². The fraction of sp³-hybridized carbons (Fsp3) is 0.524. The second-order valence-electron chi connectivity index (χ2n) is 7.85. The number of aliphatic hydroxyl groups excluding tert-OH is 1. The minimum absolute atomic E-state index is 0.128. The average molecular weight is 402 g/mol. The molecule has 2 aliphatic rings. The first-order valence-corrected chi connectivity index (χ1v) is 10.2. The molecule has 0 saturated carbocycles. The number of oxazole rings is 1. The van der Waals surface area contributed by atoms with Crippen LogP contribution in [-0.2, 0) is 0 Å². The molecule has 0 radical (unpaired) electrons. The van der Waals surface area contributed by atoms with Crippen molar-refractivity contribution in [2.45, 2.75) is 32.6 Å². The number of nitrogens with one attached hydrogen (secondary N) is 1. The number of carbonyl (C=O) groups is 1. The minimum Gasteiger partial charge on any atom is -0.428 e. The molecule has 1 atom stereocenters. The predicted octanol–water partition coefficient (Wildman–Crippen LogP) is 3.18. The molecule has 1 aromatic carbocycles. The lowest BCUT2D eigenvalue weighted by Crippen LogP contribution is -2.30. The fourth-order valence-electron chi connectivity index (χ4n) is 4.05. The first-order valence-electron chi connectivity index (χ1n) is 10.2. The highest BCUT2D eigenvalue weighted by atomic mass is 19.1. The Kier molecular flexibility index (Phi) is 5.71. The van der Waals surface area contributed by atoms with E-state index in [4.69, 9.17) is 4.42 Å². The Balaban J connectivity index is 1.45. The van der Waals surface area contributed by atoms with Gasteiger partial charge in [-0.25, -0.2) is 4.39 Å². The number of rotatable bonds is 5. The van der Waals surface area contributed by atoms with Gasteiger partial charge in [-0.05, 0) is 50.8 Å². The molecule has 2 N–H and O–H groups in total. The Bertz CT molecular complexity index is 879. The molecule has 2 saturated heterocycles. The smallest absolute Gasteiger partial charge is 0.298 e. The van der Waals surface area contributed by atoms with Crippen molar-refractivity contribution >= 4 is 23.3 Å². The maximum Gasteiger partial charge on any atom is 0.298 e. The summed E-state index contributed by atoms with van der Waals surface area (Å²) in [4.78, 5) is 21.0. The number of aryl methyl sites for hydroxylation is 1. The van der Waals surface area contributed by atoms with Crippen LogP contribution < -0.4 is 15.1 Å². The van der Waals surface area contributed by atoms with Gasteiger partial charge in [-0.1, -0.05) is 0 Å². The van der Waals surface area contributed by atoms with Gasteiger partial charge in [-0.15, -0.1) is 0 Å². The van der Waals surface area contributed by atoms with E-state index >= 15 is 0 Å². The molecule has 2 aromatic rings. The topological polar surface area (TPSA) is 81.8 Å². The zero-order chi connectivity index (χ0) is 20.4. The summed E-state index contributed by atoms with van der Waals surface area (Å²) in [7, 11) is 0. The quantitative estimate of drug-likeness (QED) is 0.799. The second-order valence-corrected chi connectivity index (χ2v) is 7.85. The van der Waals surface area contributed by atoms with Gasteiger partial charge in [0.2, 0.25) is 0 Å². The van der Waals surface area contributed by atoms with Gasteiger partial charge >= 0.3 is 0 Å². The number of piperidine rings is 1. The van der Waals surface area contributed by atoms with E-state index in [0.717, 1.165) is 38.9 Å². The molecule has 0 spiro atoms. The van der Waals surface area contributed by atoms with E-state index in [-0.39, 0.29) is 24.0 Å². The maximum absolute atomic E-state index is 14.6. The molecule has 29 heavy (non-hydrogen) atoms. The zero-order valence-corrected chi connectivity index (χ0v) is 16.7. The van der Waals surface area contributed by atoms with E-state index in [9.17, 15) is 14.3 Å². The molecule has 7 nitrogen and oxygen atoms in total. The van der Waals surface area contributed by atoms with Crippen LogP contribution in [-0.4, -0.2) is 48.8 Å². The Morgan fingerprint density at radius 3 is 2.76 bits per heavy atom. The molecule has 0 bridgehead atoms. The van der Waals surface area contributed by atoms with Gasteiger partial charge in [0.25, 0.3) is 11.9 Å². The van der Waals surface area contributed by atoms with E-state index in [1.807, 2.05) is 9.80 Å². The summed E-state index contributed by atoms with van der Waals surface area (Å²) in [5, 5.41) is 12.0. The van der Waals surface area contributed by atoms with Crippen LogP contribution in [0.15, 0.2) is 22.6 Å². The largest absolute Gasteiger partial charge is 0.428 e. The number of amides is 1. The fourth-order valence-corrected chi connectivity index (χ4v) is 4.05. The van der Waals surface area contributed by atoms with E-state index in [1.54, 1.807) is 19.1 Å². The van der Waals surface area contributed by atoms with Crippen LogP contribution >= 0.6 is 0 Å². The Labute approximate surface area is 169 Å². The second kappa shape index (κ2) is 8.41. The number of benzene rings is 1. The molecule has 3 heterocycles. The molecular weight excluding hydrogens is 375 g/mol. The summed E-state index contributed by atoms with van der Waals surface area (Å²) >= 11 is 0. The molecular formula is C21H27FN4O3. The normalized spacial score (nSPS) is 19.6. The lowest BCUT2D eigenvalue weighted by atomic mass is 10.1. The van der Waals surface area contributed by atoms with Gasteiger partial charge in [-0.2, -0.15) is 4.98 Å². The third-order valence-corrected chi connectivity index (χ3v) is 5.72. The highest BCUT2D eigenvalue weighted by Crippen LogP contribution is 2.28.